The molecule has 1 fully saturated rings. The molecule has 0 aromatic carbocycles. The Hall–Kier alpha value is -0.300. The van der Waals surface area contributed by atoms with E-state index in [1.165, 1.54) is 25.7 Å². The third kappa shape index (κ3) is 2.33. The van der Waals surface area contributed by atoms with Crippen LogP contribution < -0.4 is 0 Å². The van der Waals surface area contributed by atoms with Gasteiger partial charge in [0.05, 0.1) is 6.61 Å². The Morgan fingerprint density at radius 2 is 1.91 bits per heavy atom. The third-order valence-corrected chi connectivity index (χ3v) is 2.80. The molecule has 1 saturated carbocycles. The maximum absolute atomic E-state index is 8.85. The van der Waals surface area contributed by atoms with Crippen molar-refractivity contribution in [3.05, 3.63) is 12.2 Å². The fourth-order valence-electron chi connectivity index (χ4n) is 1.80. The van der Waals surface area contributed by atoms with E-state index in [1.807, 2.05) is 0 Å². The van der Waals surface area contributed by atoms with E-state index in [-0.39, 0.29) is 6.61 Å². The molecule has 0 aliphatic heterocycles. The maximum atomic E-state index is 8.85. The Morgan fingerprint density at radius 3 is 2.36 bits per heavy atom. The van der Waals surface area contributed by atoms with Crippen LogP contribution in [0.5, 0.6) is 0 Å². The van der Waals surface area contributed by atoms with Gasteiger partial charge in [0.15, 0.2) is 0 Å². The second-order valence-electron chi connectivity index (χ2n) is 3.77. The second kappa shape index (κ2) is 3.91. The molecular weight excluding hydrogens is 136 g/mol. The Bertz CT molecular complexity index is 132. The lowest BCUT2D eigenvalue weighted by molar-refractivity contribution is 0.271. The first-order valence-corrected chi connectivity index (χ1v) is 4.52. The van der Waals surface area contributed by atoms with Gasteiger partial charge in [-0.05, 0) is 30.3 Å². The molecule has 0 spiro atoms. The summed E-state index contributed by atoms with van der Waals surface area (Å²) in [6.07, 6.45) is 5.09. The number of aliphatic hydroxyl groups is 1. The number of hydrogen-bond donors (Lipinski definition) is 1. The molecule has 0 saturated heterocycles. The second-order valence-corrected chi connectivity index (χ2v) is 3.77. The summed E-state index contributed by atoms with van der Waals surface area (Å²) in [5.74, 6) is 1.49. The van der Waals surface area contributed by atoms with Crippen molar-refractivity contribution in [1.82, 2.24) is 0 Å². The number of aliphatic hydroxyl groups excluding tert-OH is 1. The van der Waals surface area contributed by atoms with Crippen molar-refractivity contribution >= 4 is 0 Å². The number of rotatable bonds is 2. The Morgan fingerprint density at radius 1 is 1.36 bits per heavy atom. The molecule has 0 heterocycles. The first kappa shape index (κ1) is 8.79. The van der Waals surface area contributed by atoms with Crippen LogP contribution in [0.4, 0.5) is 0 Å². The molecule has 1 aliphatic rings. The topological polar surface area (TPSA) is 20.2 Å². The van der Waals surface area contributed by atoms with Gasteiger partial charge in [0.1, 0.15) is 0 Å². The van der Waals surface area contributed by atoms with Gasteiger partial charge >= 0.3 is 0 Å². The SMILES string of the molecule is C=C(CO)C1CCC(C)CC1. The minimum absolute atomic E-state index is 0.180. The van der Waals surface area contributed by atoms with Crippen LogP contribution in [-0.4, -0.2) is 11.7 Å². The molecule has 0 aromatic heterocycles. The zero-order chi connectivity index (χ0) is 8.27. The van der Waals surface area contributed by atoms with Crippen LogP contribution in [0.3, 0.4) is 0 Å². The van der Waals surface area contributed by atoms with E-state index in [0.717, 1.165) is 11.5 Å². The lowest BCUT2D eigenvalue weighted by atomic mass is 9.80. The van der Waals surface area contributed by atoms with Crippen LogP contribution in [0.1, 0.15) is 32.6 Å². The van der Waals surface area contributed by atoms with E-state index in [9.17, 15) is 0 Å². The summed E-state index contributed by atoms with van der Waals surface area (Å²) in [6.45, 7) is 6.36. The molecule has 0 radical (unpaired) electrons. The lowest BCUT2D eigenvalue weighted by Crippen LogP contribution is -2.15. The van der Waals surface area contributed by atoms with E-state index >= 15 is 0 Å². The fraction of sp³-hybridized carbons (Fsp3) is 0.800. The van der Waals surface area contributed by atoms with Crippen molar-refractivity contribution in [1.29, 1.82) is 0 Å². The molecular formula is C10H18O. The molecule has 1 rings (SSSR count). The predicted octanol–water partition coefficient (Wildman–Crippen LogP) is 2.36. The average Bonchev–Trinajstić information content (AvgIpc) is 2.05. The highest BCUT2D eigenvalue weighted by molar-refractivity contribution is 5.01. The van der Waals surface area contributed by atoms with Gasteiger partial charge < -0.3 is 5.11 Å². The van der Waals surface area contributed by atoms with Gasteiger partial charge in [0, 0.05) is 0 Å². The molecule has 1 aliphatic carbocycles. The summed E-state index contributed by atoms with van der Waals surface area (Å²) < 4.78 is 0. The molecule has 11 heavy (non-hydrogen) atoms. The van der Waals surface area contributed by atoms with Crippen molar-refractivity contribution in [2.75, 3.05) is 6.61 Å². The van der Waals surface area contributed by atoms with Crippen molar-refractivity contribution in [3.8, 4) is 0 Å². The smallest absolute Gasteiger partial charge is 0.0641 e. The van der Waals surface area contributed by atoms with Crippen LogP contribution in [0.25, 0.3) is 0 Å². The van der Waals surface area contributed by atoms with E-state index in [0.29, 0.717) is 5.92 Å². The fourth-order valence-corrected chi connectivity index (χ4v) is 1.80. The summed E-state index contributed by atoms with van der Waals surface area (Å²) in [4.78, 5) is 0. The van der Waals surface area contributed by atoms with Crippen LogP contribution in [0.2, 0.25) is 0 Å². The molecule has 0 atom stereocenters. The van der Waals surface area contributed by atoms with Crippen molar-refractivity contribution in [3.63, 3.8) is 0 Å². The largest absolute Gasteiger partial charge is 0.392 e. The van der Waals surface area contributed by atoms with Crippen molar-refractivity contribution < 1.29 is 5.11 Å². The van der Waals surface area contributed by atoms with Crippen LogP contribution in [0, 0.1) is 11.8 Å². The highest BCUT2D eigenvalue weighted by Crippen LogP contribution is 2.31. The van der Waals surface area contributed by atoms with Crippen molar-refractivity contribution in [2.24, 2.45) is 11.8 Å². The predicted molar refractivity (Wildman–Crippen MR) is 47.3 cm³/mol. The molecule has 0 unspecified atom stereocenters. The molecule has 0 amide bonds. The van der Waals surface area contributed by atoms with E-state index in [4.69, 9.17) is 5.11 Å². The van der Waals surface area contributed by atoms with Crippen LogP contribution in [0.15, 0.2) is 12.2 Å². The van der Waals surface area contributed by atoms with E-state index in [1.54, 1.807) is 0 Å². The van der Waals surface area contributed by atoms with E-state index < -0.39 is 0 Å². The van der Waals surface area contributed by atoms with Gasteiger partial charge in [0.2, 0.25) is 0 Å². The summed E-state index contributed by atoms with van der Waals surface area (Å²) in [5, 5.41) is 8.85. The van der Waals surface area contributed by atoms with Gasteiger partial charge in [0.25, 0.3) is 0 Å². The van der Waals surface area contributed by atoms with E-state index in [2.05, 4.69) is 13.5 Å². The summed E-state index contributed by atoms with van der Waals surface area (Å²) >= 11 is 0. The Labute approximate surface area is 69.1 Å². The summed E-state index contributed by atoms with van der Waals surface area (Å²) in [7, 11) is 0. The highest BCUT2D eigenvalue weighted by atomic mass is 16.3. The molecule has 0 bridgehead atoms. The minimum Gasteiger partial charge on any atom is -0.392 e. The average molecular weight is 154 g/mol. The molecule has 1 nitrogen and oxygen atoms in total. The maximum Gasteiger partial charge on any atom is 0.0641 e. The molecule has 64 valence electrons. The first-order valence-electron chi connectivity index (χ1n) is 4.52. The third-order valence-electron chi connectivity index (χ3n) is 2.80. The van der Waals surface area contributed by atoms with Gasteiger partial charge in [-0.3, -0.25) is 0 Å². The molecule has 1 N–H and O–H groups in total. The Kier molecular flexibility index (Phi) is 3.13. The first-order chi connectivity index (χ1) is 5.24. The monoisotopic (exact) mass is 154 g/mol. The number of hydrogen-bond acceptors (Lipinski definition) is 1. The van der Waals surface area contributed by atoms with Crippen LogP contribution >= 0.6 is 0 Å². The zero-order valence-corrected chi connectivity index (χ0v) is 7.34. The standard InChI is InChI=1S/C10H18O/c1-8-3-5-10(6-4-8)9(2)7-11/h8,10-11H,2-7H2,1H3. The molecule has 0 aromatic rings. The minimum atomic E-state index is 0.180. The Balaban J connectivity index is 2.33. The van der Waals surface area contributed by atoms with Gasteiger partial charge in [-0.1, -0.05) is 26.3 Å². The quantitative estimate of drug-likeness (QED) is 0.605. The lowest BCUT2D eigenvalue weighted by Gasteiger charge is -2.26. The zero-order valence-electron chi connectivity index (χ0n) is 7.34. The van der Waals surface area contributed by atoms with Gasteiger partial charge in [-0.25, -0.2) is 0 Å². The highest BCUT2D eigenvalue weighted by Gasteiger charge is 2.19. The normalized spacial score (nSPS) is 31.8. The summed E-state index contributed by atoms with van der Waals surface area (Å²) in [5.41, 5.74) is 1.04. The van der Waals surface area contributed by atoms with Gasteiger partial charge in [-0.15, -0.1) is 0 Å². The molecule has 1 heteroatoms. The van der Waals surface area contributed by atoms with Crippen LogP contribution in [-0.2, 0) is 0 Å². The van der Waals surface area contributed by atoms with Gasteiger partial charge in [-0.2, -0.15) is 0 Å². The van der Waals surface area contributed by atoms with Crippen molar-refractivity contribution in [2.45, 2.75) is 32.6 Å². The summed E-state index contributed by atoms with van der Waals surface area (Å²) in [6, 6.07) is 0.